The Labute approximate surface area is 162 Å². The average Bonchev–Trinajstić information content (AvgIpc) is 2.66. The van der Waals surface area contributed by atoms with Crippen LogP contribution in [0.2, 0.25) is 0 Å². The molecule has 0 fully saturated rings. The maximum absolute atomic E-state index is 12.7. The summed E-state index contributed by atoms with van der Waals surface area (Å²) >= 11 is 0. The van der Waals surface area contributed by atoms with Gasteiger partial charge in [-0.3, -0.25) is 0 Å². The van der Waals surface area contributed by atoms with Crippen LogP contribution in [0.1, 0.15) is 18.9 Å². The Morgan fingerprint density at radius 3 is 2.43 bits per heavy atom. The van der Waals surface area contributed by atoms with Gasteiger partial charge in [-0.15, -0.1) is 0 Å². The fourth-order valence-corrected chi connectivity index (χ4v) is 2.56. The predicted octanol–water partition coefficient (Wildman–Crippen LogP) is 5.08. The molecule has 0 unspecified atom stereocenters. The van der Waals surface area contributed by atoms with E-state index in [1.165, 1.54) is 19.2 Å². The highest BCUT2D eigenvalue weighted by atomic mass is 19.4. The molecule has 2 aromatic carbocycles. The molecule has 2 aromatic rings. The van der Waals surface area contributed by atoms with E-state index in [-0.39, 0.29) is 17.5 Å². The number of nitrogens with one attached hydrogen (secondary N) is 1. The van der Waals surface area contributed by atoms with Crippen molar-refractivity contribution in [3.8, 4) is 11.5 Å². The highest BCUT2D eigenvalue weighted by molar-refractivity contribution is 5.89. The zero-order valence-corrected chi connectivity index (χ0v) is 15.8. The molecule has 2 amide bonds. The zero-order chi connectivity index (χ0) is 20.6. The van der Waals surface area contributed by atoms with Gasteiger partial charge in [0.1, 0.15) is 0 Å². The van der Waals surface area contributed by atoms with Gasteiger partial charge in [-0.2, -0.15) is 13.2 Å². The van der Waals surface area contributed by atoms with Crippen molar-refractivity contribution in [2.75, 3.05) is 25.6 Å². The van der Waals surface area contributed by atoms with Gasteiger partial charge in [0, 0.05) is 24.8 Å². The summed E-state index contributed by atoms with van der Waals surface area (Å²) in [6, 6.07) is 13.5. The molecule has 5 nitrogen and oxygen atoms in total. The Balaban J connectivity index is 2.11. The fourth-order valence-electron chi connectivity index (χ4n) is 2.56. The minimum Gasteiger partial charge on any atom is -0.493 e. The lowest BCUT2D eigenvalue weighted by Gasteiger charge is -2.23. The molecule has 0 aliphatic carbocycles. The van der Waals surface area contributed by atoms with Gasteiger partial charge in [-0.05, 0) is 24.1 Å². The fraction of sp³-hybridized carbons (Fsp3) is 0.350. The van der Waals surface area contributed by atoms with Crippen LogP contribution in [0.5, 0.6) is 11.5 Å². The van der Waals surface area contributed by atoms with Crippen LogP contribution in [-0.4, -0.2) is 37.4 Å². The second-order valence-corrected chi connectivity index (χ2v) is 6.11. The molecule has 152 valence electrons. The lowest BCUT2D eigenvalue weighted by atomic mass is 10.2. The number of anilines is 1. The highest BCUT2D eigenvalue weighted by Gasteiger charge is 2.29. The Kier molecular flexibility index (Phi) is 7.54. The van der Waals surface area contributed by atoms with Crippen molar-refractivity contribution in [3.63, 3.8) is 0 Å². The summed E-state index contributed by atoms with van der Waals surface area (Å²) in [7, 11) is 1.33. The molecule has 28 heavy (non-hydrogen) atoms. The van der Waals surface area contributed by atoms with Crippen molar-refractivity contribution < 1.29 is 27.4 Å². The topological polar surface area (TPSA) is 50.8 Å². The van der Waals surface area contributed by atoms with Gasteiger partial charge in [0.15, 0.2) is 18.1 Å². The summed E-state index contributed by atoms with van der Waals surface area (Å²) < 4.78 is 47.2. The first-order valence-corrected chi connectivity index (χ1v) is 8.80. The van der Waals surface area contributed by atoms with Gasteiger partial charge in [0.25, 0.3) is 0 Å². The first-order chi connectivity index (χ1) is 13.3. The van der Waals surface area contributed by atoms with Gasteiger partial charge >= 0.3 is 12.2 Å². The molecule has 0 bridgehead atoms. The van der Waals surface area contributed by atoms with E-state index in [0.717, 1.165) is 12.0 Å². The van der Waals surface area contributed by atoms with Crippen LogP contribution in [0.3, 0.4) is 0 Å². The smallest absolute Gasteiger partial charge is 0.422 e. The van der Waals surface area contributed by atoms with Crippen LogP contribution in [0.15, 0.2) is 48.5 Å². The van der Waals surface area contributed by atoms with E-state index < -0.39 is 12.8 Å². The molecule has 0 saturated heterocycles. The largest absolute Gasteiger partial charge is 0.493 e. The van der Waals surface area contributed by atoms with Crippen LogP contribution in [0.25, 0.3) is 0 Å². The van der Waals surface area contributed by atoms with Crippen LogP contribution in [-0.2, 0) is 6.54 Å². The third-order valence-electron chi connectivity index (χ3n) is 3.80. The van der Waals surface area contributed by atoms with Crippen molar-refractivity contribution in [2.45, 2.75) is 26.1 Å². The standard InChI is InChI=1S/C20H23F3N2O3/c1-3-11-25(13-15-7-5-4-6-8-15)19(26)24-16-9-10-17(27-2)18(12-16)28-14-20(21,22)23/h4-10,12H,3,11,13-14H2,1-2H3,(H,24,26). The number of hydrogen-bond acceptors (Lipinski definition) is 3. The molecule has 0 heterocycles. The molecule has 0 aliphatic rings. The van der Waals surface area contributed by atoms with E-state index in [4.69, 9.17) is 9.47 Å². The van der Waals surface area contributed by atoms with E-state index in [9.17, 15) is 18.0 Å². The number of carbonyl (C=O) groups excluding carboxylic acids is 1. The molecule has 1 N–H and O–H groups in total. The Morgan fingerprint density at radius 2 is 1.82 bits per heavy atom. The normalized spacial score (nSPS) is 11.0. The Morgan fingerprint density at radius 1 is 1.11 bits per heavy atom. The molecule has 0 atom stereocenters. The number of urea groups is 1. The number of amides is 2. The summed E-state index contributed by atoms with van der Waals surface area (Å²) in [5, 5.41) is 2.71. The monoisotopic (exact) mass is 396 g/mol. The molecule has 0 aromatic heterocycles. The van der Waals surface area contributed by atoms with E-state index >= 15 is 0 Å². The maximum atomic E-state index is 12.7. The minimum absolute atomic E-state index is 0.0947. The van der Waals surface area contributed by atoms with Gasteiger partial charge in [0.05, 0.1) is 7.11 Å². The zero-order valence-electron chi connectivity index (χ0n) is 15.8. The summed E-state index contributed by atoms with van der Waals surface area (Å²) in [6.45, 7) is 1.47. The number of methoxy groups -OCH3 is 1. The van der Waals surface area contributed by atoms with Crippen LogP contribution >= 0.6 is 0 Å². The van der Waals surface area contributed by atoms with Crippen LogP contribution in [0.4, 0.5) is 23.7 Å². The van der Waals surface area contributed by atoms with Gasteiger partial charge in [0.2, 0.25) is 0 Å². The molecule has 0 aliphatic heterocycles. The second-order valence-electron chi connectivity index (χ2n) is 6.11. The Bertz CT molecular complexity index is 767. The first kappa shape index (κ1) is 21.4. The summed E-state index contributed by atoms with van der Waals surface area (Å²) in [5.74, 6) is 0.0553. The quantitative estimate of drug-likeness (QED) is 0.677. The third kappa shape index (κ3) is 6.68. The molecule has 0 saturated carbocycles. The lowest BCUT2D eigenvalue weighted by Crippen LogP contribution is -2.35. The number of alkyl halides is 3. The molecular weight excluding hydrogens is 373 g/mol. The number of nitrogens with zero attached hydrogens (tertiary/aromatic N) is 1. The van der Waals surface area contributed by atoms with E-state index in [1.807, 2.05) is 37.3 Å². The van der Waals surface area contributed by atoms with Gasteiger partial charge in [-0.25, -0.2) is 4.79 Å². The van der Waals surface area contributed by atoms with Gasteiger partial charge in [-0.1, -0.05) is 37.3 Å². The van der Waals surface area contributed by atoms with Crippen molar-refractivity contribution in [2.24, 2.45) is 0 Å². The number of ether oxygens (including phenoxy) is 2. The average molecular weight is 396 g/mol. The minimum atomic E-state index is -4.47. The molecule has 0 spiro atoms. The van der Waals surface area contributed by atoms with Crippen LogP contribution < -0.4 is 14.8 Å². The number of hydrogen-bond donors (Lipinski definition) is 1. The number of rotatable bonds is 8. The number of benzene rings is 2. The number of halogens is 3. The second kappa shape index (κ2) is 9.87. The summed E-state index contributed by atoms with van der Waals surface area (Å²) in [6.07, 6.45) is -3.71. The predicted molar refractivity (Wildman–Crippen MR) is 101 cm³/mol. The first-order valence-electron chi connectivity index (χ1n) is 8.80. The van der Waals surface area contributed by atoms with Crippen molar-refractivity contribution in [1.82, 2.24) is 4.90 Å². The molecule has 8 heteroatoms. The third-order valence-corrected chi connectivity index (χ3v) is 3.80. The van der Waals surface area contributed by atoms with E-state index in [1.54, 1.807) is 11.0 Å². The van der Waals surface area contributed by atoms with E-state index in [2.05, 4.69) is 5.32 Å². The summed E-state index contributed by atoms with van der Waals surface area (Å²) in [4.78, 5) is 14.3. The van der Waals surface area contributed by atoms with Crippen molar-refractivity contribution in [3.05, 3.63) is 54.1 Å². The molecule has 0 radical (unpaired) electrons. The molecule has 2 rings (SSSR count). The van der Waals surface area contributed by atoms with Crippen LogP contribution in [0, 0.1) is 0 Å². The van der Waals surface area contributed by atoms with Gasteiger partial charge < -0.3 is 19.7 Å². The van der Waals surface area contributed by atoms with Crippen molar-refractivity contribution in [1.29, 1.82) is 0 Å². The SMILES string of the molecule is CCCN(Cc1ccccc1)C(=O)Nc1ccc(OC)c(OCC(F)(F)F)c1. The highest BCUT2D eigenvalue weighted by Crippen LogP contribution is 2.31. The van der Waals surface area contributed by atoms with Crippen molar-refractivity contribution >= 4 is 11.7 Å². The summed E-state index contributed by atoms with van der Waals surface area (Å²) in [5.41, 5.74) is 1.30. The maximum Gasteiger partial charge on any atom is 0.422 e. The lowest BCUT2D eigenvalue weighted by molar-refractivity contribution is -0.153. The molecular formula is C20H23F3N2O3. The number of carbonyl (C=O) groups is 1. The van der Waals surface area contributed by atoms with E-state index in [0.29, 0.717) is 18.8 Å². The Hall–Kier alpha value is -2.90.